The van der Waals surface area contributed by atoms with E-state index in [1.54, 1.807) is 0 Å². The molecule has 0 spiro atoms. The average Bonchev–Trinajstić information content (AvgIpc) is 3.19. The third kappa shape index (κ3) is 6.94. The van der Waals surface area contributed by atoms with Crippen LogP contribution in [0.5, 0.6) is 0 Å². The number of allylic oxidation sites excluding steroid dienone is 16. The van der Waals surface area contributed by atoms with Gasteiger partial charge in [0.05, 0.1) is 6.04 Å². The Kier molecular flexibility index (Phi) is 9.33. The van der Waals surface area contributed by atoms with Gasteiger partial charge in [0.25, 0.3) is 0 Å². The van der Waals surface area contributed by atoms with Crippen molar-refractivity contribution in [1.29, 1.82) is 0 Å². The second-order valence-electron chi connectivity index (χ2n) is 14.3. The van der Waals surface area contributed by atoms with Gasteiger partial charge in [-0.2, -0.15) is 0 Å². The number of aliphatic imine (C=N–C) groups is 1. The van der Waals surface area contributed by atoms with Crippen LogP contribution in [0.15, 0.2) is 132 Å². The Balaban J connectivity index is 1.01. The molecule has 0 saturated carbocycles. The first kappa shape index (κ1) is 31.6. The smallest absolute Gasteiger partial charge is 0.163 e. The fraction of sp³-hybridized carbons (Fsp3) is 0.364. The van der Waals surface area contributed by atoms with Crippen LogP contribution in [0, 0.1) is 17.8 Å². The summed E-state index contributed by atoms with van der Waals surface area (Å²) >= 11 is 0. The van der Waals surface area contributed by atoms with Gasteiger partial charge in [0.15, 0.2) is 11.6 Å². The van der Waals surface area contributed by atoms with E-state index in [4.69, 9.17) is 19.9 Å². The topological polar surface area (TPSA) is 63.1 Å². The minimum Gasteiger partial charge on any atom is -0.366 e. The fourth-order valence-electron chi connectivity index (χ4n) is 8.21. The standard InChI is InChI=1S/C44H47N5/c1-30-39(33-14-6-2-7-15-33)45-41(46-40(30)34-16-8-3-9-17-34)37-26-22-31(23-27-37)32-24-28-38(29-25-32)44-48-42(35-18-10-4-11-19-35)47-43(49-44)36-20-12-5-13-21-36/h2-4,6-10,12,14-16,20-22,24,26,28-30,32,34-35,39-40H,5,11,13,17-19,23,25,27H2,1H3,(H,45,46)/t30-,32?,34?,35?,39?,40?/m1/s1. The Labute approximate surface area is 291 Å². The number of nitrogens with zero attached hydrogens (tertiary/aromatic N) is 4. The maximum Gasteiger partial charge on any atom is 0.163 e. The second-order valence-corrected chi connectivity index (χ2v) is 14.3. The van der Waals surface area contributed by atoms with Crippen molar-refractivity contribution in [3.05, 3.63) is 150 Å². The molecule has 0 amide bonds. The molecule has 2 aromatic rings. The SMILES string of the molecule is C[C@@H]1C(c2ccccc2)N=C(C2=CC=C(C3C=CC(c4nc(C5=CCCC=C5)nc(C5CC=CCC5)n4)=CC3)CC2)NC1C1C=CC=CC1. The van der Waals surface area contributed by atoms with Gasteiger partial charge in [-0.3, -0.25) is 4.99 Å². The highest BCUT2D eigenvalue weighted by molar-refractivity contribution is 5.99. The molecule has 0 bridgehead atoms. The molecule has 6 atom stereocenters. The van der Waals surface area contributed by atoms with Crippen LogP contribution in [0.2, 0.25) is 0 Å². The summed E-state index contributed by atoms with van der Waals surface area (Å²) in [7, 11) is 0. The quantitative estimate of drug-likeness (QED) is 0.305. The molecule has 1 aliphatic heterocycles. The number of hydrogen-bond donors (Lipinski definition) is 1. The van der Waals surface area contributed by atoms with Crippen molar-refractivity contribution in [2.45, 2.75) is 82.7 Å². The van der Waals surface area contributed by atoms with E-state index < -0.39 is 0 Å². The van der Waals surface area contributed by atoms with Gasteiger partial charge in [0.1, 0.15) is 11.7 Å². The lowest BCUT2D eigenvalue weighted by atomic mass is 9.78. The molecule has 1 aromatic carbocycles. The zero-order chi connectivity index (χ0) is 33.0. The highest BCUT2D eigenvalue weighted by Crippen LogP contribution is 2.39. The van der Waals surface area contributed by atoms with Gasteiger partial charge in [-0.15, -0.1) is 0 Å². The van der Waals surface area contributed by atoms with E-state index in [9.17, 15) is 0 Å². The number of nitrogens with one attached hydrogen (secondary N) is 1. The van der Waals surface area contributed by atoms with Crippen molar-refractivity contribution in [1.82, 2.24) is 20.3 Å². The summed E-state index contributed by atoms with van der Waals surface area (Å²) < 4.78 is 0. The minimum absolute atomic E-state index is 0.148. The summed E-state index contributed by atoms with van der Waals surface area (Å²) in [6, 6.07) is 11.3. The van der Waals surface area contributed by atoms with Crippen molar-refractivity contribution >= 4 is 17.0 Å². The third-order valence-electron chi connectivity index (χ3n) is 11.1. The predicted molar refractivity (Wildman–Crippen MR) is 202 cm³/mol. The van der Waals surface area contributed by atoms with Gasteiger partial charge in [-0.25, -0.2) is 15.0 Å². The Morgan fingerprint density at radius 3 is 2.31 bits per heavy atom. The predicted octanol–water partition coefficient (Wildman–Crippen LogP) is 9.91. The molecule has 49 heavy (non-hydrogen) atoms. The van der Waals surface area contributed by atoms with Gasteiger partial charge >= 0.3 is 0 Å². The number of hydrogen-bond acceptors (Lipinski definition) is 5. The van der Waals surface area contributed by atoms with E-state index in [0.29, 0.717) is 29.7 Å². The van der Waals surface area contributed by atoms with Crippen molar-refractivity contribution in [3.63, 3.8) is 0 Å². The van der Waals surface area contributed by atoms with Crippen LogP contribution in [-0.4, -0.2) is 26.8 Å². The molecule has 2 heterocycles. The third-order valence-corrected chi connectivity index (χ3v) is 11.1. The van der Waals surface area contributed by atoms with Crippen molar-refractivity contribution in [2.75, 3.05) is 0 Å². The molecule has 8 rings (SSSR count). The number of amidine groups is 1. The van der Waals surface area contributed by atoms with Gasteiger partial charge < -0.3 is 5.32 Å². The molecule has 0 saturated heterocycles. The van der Waals surface area contributed by atoms with E-state index >= 15 is 0 Å². The van der Waals surface area contributed by atoms with E-state index in [0.717, 1.165) is 92.2 Å². The largest absolute Gasteiger partial charge is 0.366 e. The lowest BCUT2D eigenvalue weighted by Crippen LogP contribution is -2.50. The molecule has 0 fully saturated rings. The van der Waals surface area contributed by atoms with E-state index in [-0.39, 0.29) is 6.04 Å². The molecule has 5 heteroatoms. The Morgan fingerprint density at radius 2 is 1.61 bits per heavy atom. The van der Waals surface area contributed by atoms with Crippen molar-refractivity contribution < 1.29 is 0 Å². The minimum atomic E-state index is 0.148. The summed E-state index contributed by atoms with van der Waals surface area (Å²) in [4.78, 5) is 20.5. The maximum atomic E-state index is 5.38. The van der Waals surface area contributed by atoms with Crippen molar-refractivity contribution in [2.24, 2.45) is 22.7 Å². The van der Waals surface area contributed by atoms with Crippen LogP contribution in [0.1, 0.15) is 99.7 Å². The highest BCUT2D eigenvalue weighted by Gasteiger charge is 2.37. The molecule has 0 radical (unpaired) electrons. The summed E-state index contributed by atoms with van der Waals surface area (Å²) in [6.07, 6.45) is 41.3. The molecule has 5 nitrogen and oxygen atoms in total. The van der Waals surface area contributed by atoms with Crippen LogP contribution in [0.25, 0.3) is 11.1 Å². The van der Waals surface area contributed by atoms with Crippen LogP contribution in [0.3, 0.4) is 0 Å². The monoisotopic (exact) mass is 645 g/mol. The molecule has 5 aliphatic carbocycles. The zero-order valence-corrected chi connectivity index (χ0v) is 28.6. The molecule has 248 valence electrons. The van der Waals surface area contributed by atoms with Crippen LogP contribution >= 0.6 is 0 Å². The van der Waals surface area contributed by atoms with E-state index in [1.807, 2.05) is 0 Å². The van der Waals surface area contributed by atoms with E-state index in [1.165, 1.54) is 16.7 Å². The molecule has 1 N–H and O–H groups in total. The summed E-state index contributed by atoms with van der Waals surface area (Å²) in [5.74, 6) is 5.24. The lowest BCUT2D eigenvalue weighted by molar-refractivity contribution is 0.284. The molecule has 1 aromatic heterocycles. The fourth-order valence-corrected chi connectivity index (χ4v) is 8.21. The van der Waals surface area contributed by atoms with Crippen LogP contribution in [0.4, 0.5) is 0 Å². The average molecular weight is 646 g/mol. The summed E-state index contributed by atoms with van der Waals surface area (Å²) in [6.45, 7) is 2.36. The summed E-state index contributed by atoms with van der Waals surface area (Å²) in [5, 5.41) is 3.93. The Morgan fingerprint density at radius 1 is 0.735 bits per heavy atom. The lowest BCUT2D eigenvalue weighted by Gasteiger charge is -2.40. The number of aromatic nitrogens is 3. The Hall–Kier alpha value is -4.64. The molecule has 5 unspecified atom stereocenters. The normalized spacial score (nSPS) is 29.4. The Bertz CT molecular complexity index is 1860. The number of rotatable bonds is 7. The van der Waals surface area contributed by atoms with Crippen molar-refractivity contribution in [3.8, 4) is 0 Å². The first-order valence-electron chi connectivity index (χ1n) is 18.5. The van der Waals surface area contributed by atoms with Gasteiger partial charge in [0, 0.05) is 40.9 Å². The van der Waals surface area contributed by atoms with Gasteiger partial charge in [0.2, 0.25) is 0 Å². The number of benzene rings is 1. The molecular weight excluding hydrogens is 599 g/mol. The highest BCUT2D eigenvalue weighted by atomic mass is 15.1. The molecule has 6 aliphatic rings. The maximum absolute atomic E-state index is 5.38. The zero-order valence-electron chi connectivity index (χ0n) is 28.6. The van der Waals surface area contributed by atoms with Gasteiger partial charge in [-0.1, -0.05) is 128 Å². The van der Waals surface area contributed by atoms with Crippen LogP contribution < -0.4 is 5.32 Å². The summed E-state index contributed by atoms with van der Waals surface area (Å²) in [5.41, 5.74) is 6.34. The molecular formula is C44H47N5. The van der Waals surface area contributed by atoms with Crippen LogP contribution in [-0.2, 0) is 0 Å². The first-order chi connectivity index (χ1) is 24.2. The first-order valence-corrected chi connectivity index (χ1v) is 18.5. The van der Waals surface area contributed by atoms with Gasteiger partial charge in [-0.05, 0) is 68.9 Å². The van der Waals surface area contributed by atoms with E-state index in [2.05, 4.69) is 128 Å². The second kappa shape index (κ2) is 14.5.